The largest absolute Gasteiger partial charge is 0.395 e. The smallest absolute Gasteiger partial charge is 0.167 e. The van der Waals surface area contributed by atoms with E-state index in [0.717, 1.165) is 56.3 Å². The number of hydrogen-bond acceptors (Lipinski definition) is 4. The first-order valence-corrected chi connectivity index (χ1v) is 10.7. The number of rotatable bonds is 2. The van der Waals surface area contributed by atoms with Crippen LogP contribution in [0.15, 0.2) is 24.3 Å². The van der Waals surface area contributed by atoms with Crippen molar-refractivity contribution in [3.05, 3.63) is 24.3 Å². The first kappa shape index (κ1) is 18.1. The summed E-state index contributed by atoms with van der Waals surface area (Å²) in [6.07, 6.45) is 5.46. The van der Waals surface area contributed by atoms with Gasteiger partial charge in [0, 0.05) is 25.6 Å². The zero-order valence-corrected chi connectivity index (χ0v) is 16.5. The Kier molecular flexibility index (Phi) is 3.72. The van der Waals surface area contributed by atoms with Gasteiger partial charge in [-0.1, -0.05) is 26.5 Å². The third-order valence-corrected chi connectivity index (χ3v) is 9.35. The fourth-order valence-electron chi connectivity index (χ4n) is 8.67. The van der Waals surface area contributed by atoms with Crippen LogP contribution < -0.4 is 0 Å². The van der Waals surface area contributed by atoms with Crippen molar-refractivity contribution in [2.24, 2.45) is 34.0 Å². The van der Waals surface area contributed by atoms with Gasteiger partial charge in [0.05, 0.1) is 18.1 Å². The molecule has 0 radical (unpaired) electrons. The van der Waals surface area contributed by atoms with E-state index in [4.69, 9.17) is 0 Å². The monoisotopic (exact) mass is 371 g/mol. The molecular weight excluding hydrogens is 338 g/mol. The quantitative estimate of drug-likeness (QED) is 0.579. The van der Waals surface area contributed by atoms with E-state index >= 15 is 0 Å². The molecule has 6 rings (SSSR count). The summed E-state index contributed by atoms with van der Waals surface area (Å²) in [5.41, 5.74) is 1.02. The predicted octanol–water partition coefficient (Wildman–Crippen LogP) is 2.56. The molecule has 27 heavy (non-hydrogen) atoms. The van der Waals surface area contributed by atoms with E-state index in [-0.39, 0.29) is 35.1 Å². The molecule has 7 atom stereocenters. The number of aliphatic hydroxyl groups excluding tert-OH is 2. The molecule has 1 saturated heterocycles. The maximum atomic E-state index is 13.8. The van der Waals surface area contributed by atoms with Crippen molar-refractivity contribution >= 4 is 5.78 Å². The van der Waals surface area contributed by atoms with Crippen molar-refractivity contribution in [1.82, 2.24) is 4.90 Å². The molecule has 4 heteroatoms. The van der Waals surface area contributed by atoms with Crippen LogP contribution in [-0.4, -0.2) is 53.2 Å². The topological polar surface area (TPSA) is 60.8 Å². The molecule has 2 N–H and O–H groups in total. The molecule has 0 aromatic carbocycles. The molecule has 4 bridgehead atoms. The summed E-state index contributed by atoms with van der Waals surface area (Å²) in [5.74, 6) is 0.927. The molecule has 4 nitrogen and oxygen atoms in total. The number of ketones is 1. The van der Waals surface area contributed by atoms with E-state index in [1.807, 2.05) is 0 Å². The van der Waals surface area contributed by atoms with E-state index < -0.39 is 11.5 Å². The minimum Gasteiger partial charge on any atom is -0.395 e. The molecule has 5 saturated carbocycles. The van der Waals surface area contributed by atoms with Crippen LogP contribution in [0.1, 0.15) is 45.4 Å². The second-order valence-corrected chi connectivity index (χ2v) is 10.5. The Morgan fingerprint density at radius 2 is 2.00 bits per heavy atom. The number of piperidine rings is 1. The van der Waals surface area contributed by atoms with E-state index in [1.54, 1.807) is 0 Å². The molecule has 0 aromatic heterocycles. The van der Waals surface area contributed by atoms with Crippen LogP contribution in [0.25, 0.3) is 0 Å². The van der Waals surface area contributed by atoms with Gasteiger partial charge < -0.3 is 10.2 Å². The van der Waals surface area contributed by atoms with Gasteiger partial charge in [-0.2, -0.15) is 0 Å². The summed E-state index contributed by atoms with van der Waals surface area (Å²) in [4.78, 5) is 16.2. The predicted molar refractivity (Wildman–Crippen MR) is 104 cm³/mol. The molecule has 0 amide bonds. The number of nitrogens with zero attached hydrogens (tertiary/aromatic N) is 1. The van der Waals surface area contributed by atoms with Crippen molar-refractivity contribution in [3.8, 4) is 0 Å². The lowest BCUT2D eigenvalue weighted by Gasteiger charge is -2.72. The second-order valence-electron chi connectivity index (χ2n) is 10.5. The van der Waals surface area contributed by atoms with Gasteiger partial charge in [-0.3, -0.25) is 9.69 Å². The molecule has 148 valence electrons. The number of carbonyl (C=O) groups is 1. The number of Topliss-reactive ketones (excluding diaryl/α,β-unsaturated/α-hetero) is 1. The first-order valence-electron chi connectivity index (χ1n) is 10.7. The highest BCUT2D eigenvalue weighted by Crippen LogP contribution is 2.73. The second kappa shape index (κ2) is 5.55. The van der Waals surface area contributed by atoms with E-state index in [2.05, 4.69) is 25.0 Å². The van der Waals surface area contributed by atoms with Gasteiger partial charge in [0.1, 0.15) is 0 Å². The number of aliphatic hydroxyl groups is 2. The van der Waals surface area contributed by atoms with Gasteiger partial charge in [-0.25, -0.2) is 0 Å². The molecule has 1 spiro atoms. The van der Waals surface area contributed by atoms with Crippen molar-refractivity contribution in [2.75, 3.05) is 26.2 Å². The lowest BCUT2D eigenvalue weighted by molar-refractivity contribution is -0.214. The Balaban J connectivity index is 1.69. The molecule has 0 aromatic rings. The average Bonchev–Trinajstić information content (AvgIpc) is 2.62. The SMILES string of the molecule is C=C1C(=O)[C@@]23CC[C@@H](C[C@H]2[C@@]24CCC[C@@](C)(CN(CCO)C2)[C@@H]14)C(=C)[C@@H]3O. The van der Waals surface area contributed by atoms with Gasteiger partial charge in [-0.15, -0.1) is 0 Å². The Morgan fingerprint density at radius 3 is 2.74 bits per heavy atom. The Bertz CT molecular complexity index is 731. The van der Waals surface area contributed by atoms with Crippen molar-refractivity contribution in [1.29, 1.82) is 0 Å². The summed E-state index contributed by atoms with van der Waals surface area (Å²) in [5, 5.41) is 20.8. The van der Waals surface area contributed by atoms with Gasteiger partial charge in [-0.05, 0) is 65.9 Å². The number of allylic oxidation sites excluding steroid dienone is 1. The molecule has 5 aliphatic carbocycles. The lowest BCUT2D eigenvalue weighted by Crippen LogP contribution is -2.74. The van der Waals surface area contributed by atoms with Gasteiger partial charge in [0.25, 0.3) is 0 Å². The molecule has 6 fully saturated rings. The molecule has 1 heterocycles. The number of likely N-dealkylation sites (tertiary alicyclic amines) is 1. The summed E-state index contributed by atoms with van der Waals surface area (Å²) in [7, 11) is 0. The fourth-order valence-corrected chi connectivity index (χ4v) is 8.67. The van der Waals surface area contributed by atoms with Crippen LogP contribution in [0.2, 0.25) is 0 Å². The van der Waals surface area contributed by atoms with Crippen LogP contribution in [0.5, 0.6) is 0 Å². The highest BCUT2D eigenvalue weighted by Gasteiger charge is 2.73. The summed E-state index contributed by atoms with van der Waals surface area (Å²) < 4.78 is 0. The van der Waals surface area contributed by atoms with Crippen LogP contribution in [0.4, 0.5) is 0 Å². The van der Waals surface area contributed by atoms with Crippen molar-refractivity contribution < 1.29 is 15.0 Å². The minimum absolute atomic E-state index is 0.00572. The lowest BCUT2D eigenvalue weighted by atomic mass is 9.33. The highest BCUT2D eigenvalue weighted by molar-refractivity contribution is 6.02. The van der Waals surface area contributed by atoms with Crippen molar-refractivity contribution in [3.63, 3.8) is 0 Å². The standard InChI is InChI=1S/C23H33NO3/c1-14-16-5-8-23(19(14)26)17(11-16)22-7-4-6-21(3,12-24(13-22)9-10-25)18(22)15(2)20(23)27/h16-19,25-26H,1-2,4-13H2,3H3/t16-,17-,18+,19-,21-,22+,23-/m0/s1. The molecule has 6 aliphatic rings. The summed E-state index contributed by atoms with van der Waals surface area (Å²) in [6, 6.07) is 0. The van der Waals surface area contributed by atoms with Crippen LogP contribution in [0, 0.1) is 34.0 Å². The number of carbonyl (C=O) groups excluding carboxylic acids is 1. The number of fused-ring (bicyclic) bond motifs is 2. The van der Waals surface area contributed by atoms with Crippen LogP contribution >= 0.6 is 0 Å². The zero-order valence-electron chi connectivity index (χ0n) is 16.5. The molecular formula is C23H33NO3. The Hall–Kier alpha value is -0.970. The Labute approximate surface area is 162 Å². The highest BCUT2D eigenvalue weighted by atomic mass is 16.3. The minimum atomic E-state index is -0.712. The van der Waals surface area contributed by atoms with Crippen molar-refractivity contribution in [2.45, 2.75) is 51.6 Å². The van der Waals surface area contributed by atoms with Gasteiger partial charge in [0.15, 0.2) is 5.78 Å². The average molecular weight is 372 g/mol. The first-order chi connectivity index (χ1) is 12.8. The third-order valence-electron chi connectivity index (χ3n) is 9.35. The number of hydrogen-bond donors (Lipinski definition) is 2. The fraction of sp³-hybridized carbons (Fsp3) is 0.783. The van der Waals surface area contributed by atoms with Gasteiger partial charge in [0.2, 0.25) is 0 Å². The summed E-state index contributed by atoms with van der Waals surface area (Å²) >= 11 is 0. The van der Waals surface area contributed by atoms with Crippen LogP contribution in [-0.2, 0) is 4.79 Å². The molecule has 1 aliphatic heterocycles. The maximum absolute atomic E-state index is 13.8. The Morgan fingerprint density at radius 1 is 1.22 bits per heavy atom. The van der Waals surface area contributed by atoms with E-state index in [1.165, 1.54) is 6.42 Å². The van der Waals surface area contributed by atoms with Gasteiger partial charge >= 0.3 is 0 Å². The zero-order chi connectivity index (χ0) is 19.2. The van der Waals surface area contributed by atoms with E-state index in [9.17, 15) is 15.0 Å². The number of β-amino-alcohol motifs (C(OH)–C–C–N with tert-alkyl or cyclic N) is 1. The van der Waals surface area contributed by atoms with Crippen LogP contribution in [0.3, 0.4) is 0 Å². The third kappa shape index (κ3) is 1.97. The van der Waals surface area contributed by atoms with E-state index in [0.29, 0.717) is 12.5 Å². The maximum Gasteiger partial charge on any atom is 0.167 e. The summed E-state index contributed by atoms with van der Waals surface area (Å²) in [6.45, 7) is 13.6. The molecule has 0 unspecified atom stereocenters. The normalized spacial score (nSPS) is 51.9.